The Kier molecular flexibility index (Phi) is 11.3. The van der Waals surface area contributed by atoms with E-state index in [9.17, 15) is 21.6 Å². The first kappa shape index (κ1) is 34.1. The Labute approximate surface area is 274 Å². The number of carbonyl (C=O) groups is 1. The van der Waals surface area contributed by atoms with Crippen molar-refractivity contribution in [2.24, 2.45) is 0 Å². The summed E-state index contributed by atoms with van der Waals surface area (Å²) in [6, 6.07) is 13.9. The van der Waals surface area contributed by atoms with E-state index in [1.165, 1.54) is 79.2 Å². The van der Waals surface area contributed by atoms with E-state index < -0.39 is 26.0 Å². The van der Waals surface area contributed by atoms with Crippen LogP contribution in [0.5, 0.6) is 11.5 Å². The molecule has 15 heteroatoms. The van der Waals surface area contributed by atoms with Gasteiger partial charge in [-0.25, -0.2) is 16.8 Å². The third-order valence-electron chi connectivity index (χ3n) is 6.27. The first-order chi connectivity index (χ1) is 19.3. The molecule has 2 atom stereocenters. The van der Waals surface area contributed by atoms with Crippen LogP contribution < -0.4 is 49.1 Å². The summed E-state index contributed by atoms with van der Waals surface area (Å²) >= 11 is 5.88. The van der Waals surface area contributed by atoms with Gasteiger partial charge in [0.15, 0.2) is 11.5 Å². The fourth-order valence-corrected chi connectivity index (χ4v) is 7.14. The van der Waals surface area contributed by atoms with Gasteiger partial charge < -0.3 is 21.0 Å². The number of benzene rings is 3. The number of sulfonamides is 2. The number of hydrogen-bond acceptors (Lipinski definition) is 8. The molecule has 1 saturated heterocycles. The molecule has 0 bridgehead atoms. The molecule has 2 N–H and O–H groups in total. The van der Waals surface area contributed by atoms with Gasteiger partial charge >= 0.3 is 29.6 Å². The number of methoxy groups -OCH3 is 2. The Balaban J connectivity index is 0.00000323. The first-order valence-corrected chi connectivity index (χ1v) is 15.8. The van der Waals surface area contributed by atoms with Crippen LogP contribution in [-0.4, -0.2) is 66.6 Å². The van der Waals surface area contributed by atoms with Crippen LogP contribution in [0.1, 0.15) is 25.6 Å². The number of hydrogen-bond donors (Lipinski definition) is 2. The maximum atomic E-state index is 13.4. The third-order valence-corrected chi connectivity index (χ3v) is 9.75. The zero-order valence-electron chi connectivity index (χ0n) is 24.8. The van der Waals surface area contributed by atoms with Crippen molar-refractivity contribution < 1.29 is 66.8 Å². The Morgan fingerprint density at radius 2 is 1.43 bits per heavy atom. The van der Waals surface area contributed by atoms with Gasteiger partial charge in [0, 0.05) is 29.9 Å². The SMILES string of the molecule is COc1cc(NS(=O)(=O)c2ccc(Cl)cc2)c(C(=O)Nc2ccc(S(=O)(=O)N3C[C@@H](C)O[C@@H](C)C3)cc2)cc1OC.[H-].[Na+]. The van der Waals surface area contributed by atoms with E-state index in [2.05, 4.69) is 10.0 Å². The fourth-order valence-electron chi connectivity index (χ4n) is 4.35. The summed E-state index contributed by atoms with van der Waals surface area (Å²) in [6.07, 6.45) is -0.472. The molecule has 1 aliphatic rings. The second-order valence-corrected chi connectivity index (χ2v) is 13.4. The van der Waals surface area contributed by atoms with Crippen LogP contribution in [0.15, 0.2) is 70.5 Å². The number of nitrogens with one attached hydrogen (secondary N) is 2. The Hall–Kier alpha value is -2.36. The molecule has 4 rings (SSSR count). The van der Waals surface area contributed by atoms with Crippen molar-refractivity contribution in [3.63, 3.8) is 0 Å². The maximum absolute atomic E-state index is 13.4. The van der Waals surface area contributed by atoms with Gasteiger partial charge in [-0.15, -0.1) is 0 Å². The van der Waals surface area contributed by atoms with Crippen LogP contribution in [0, 0.1) is 0 Å². The number of halogens is 1. The van der Waals surface area contributed by atoms with E-state index in [-0.39, 0.29) is 88.8 Å². The van der Waals surface area contributed by atoms with Crippen molar-refractivity contribution >= 4 is 48.9 Å². The van der Waals surface area contributed by atoms with Gasteiger partial charge in [-0.1, -0.05) is 11.6 Å². The summed E-state index contributed by atoms with van der Waals surface area (Å²) in [6.45, 7) is 4.10. The molecule has 1 aliphatic heterocycles. The molecule has 0 radical (unpaired) electrons. The monoisotopic (exact) mass is 647 g/mol. The molecule has 11 nitrogen and oxygen atoms in total. The van der Waals surface area contributed by atoms with Crippen LogP contribution >= 0.6 is 11.6 Å². The van der Waals surface area contributed by atoms with E-state index in [4.69, 9.17) is 25.8 Å². The summed E-state index contributed by atoms with van der Waals surface area (Å²) in [5.41, 5.74) is 0.164. The average molecular weight is 648 g/mol. The molecule has 0 aliphatic carbocycles. The Morgan fingerprint density at radius 1 is 0.905 bits per heavy atom. The molecule has 3 aromatic rings. The predicted octanol–water partition coefficient (Wildman–Crippen LogP) is 1.32. The third kappa shape index (κ3) is 7.77. The summed E-state index contributed by atoms with van der Waals surface area (Å²) < 4.78 is 72.5. The molecule has 3 aromatic carbocycles. The Bertz CT molecular complexity index is 1630. The van der Waals surface area contributed by atoms with E-state index in [0.29, 0.717) is 10.7 Å². The number of ether oxygens (including phenoxy) is 3. The molecular weight excluding hydrogens is 617 g/mol. The van der Waals surface area contributed by atoms with Gasteiger partial charge in [-0.2, -0.15) is 4.31 Å². The molecule has 1 heterocycles. The Morgan fingerprint density at radius 3 is 1.98 bits per heavy atom. The number of anilines is 2. The second-order valence-electron chi connectivity index (χ2n) is 9.37. The molecule has 0 spiro atoms. The summed E-state index contributed by atoms with van der Waals surface area (Å²) in [5.74, 6) is -0.284. The molecule has 42 heavy (non-hydrogen) atoms. The minimum Gasteiger partial charge on any atom is -1.00 e. The summed E-state index contributed by atoms with van der Waals surface area (Å²) in [7, 11) is -5.12. The molecular formula is C27H31ClN3NaO8S2. The van der Waals surface area contributed by atoms with Gasteiger partial charge in [0.1, 0.15) is 0 Å². The van der Waals surface area contributed by atoms with Gasteiger partial charge in [-0.3, -0.25) is 9.52 Å². The predicted molar refractivity (Wildman–Crippen MR) is 156 cm³/mol. The van der Waals surface area contributed by atoms with Crippen LogP contribution in [0.25, 0.3) is 0 Å². The largest absolute Gasteiger partial charge is 1.00 e. The number of morpholine rings is 1. The van der Waals surface area contributed by atoms with Gasteiger partial charge in [0.05, 0.1) is 47.5 Å². The van der Waals surface area contributed by atoms with E-state index >= 15 is 0 Å². The number of carbonyl (C=O) groups excluding carboxylic acids is 1. The van der Waals surface area contributed by atoms with Crippen LogP contribution in [0.2, 0.25) is 5.02 Å². The zero-order valence-corrected chi connectivity index (χ0v) is 28.1. The van der Waals surface area contributed by atoms with Crippen molar-refractivity contribution in [1.29, 1.82) is 0 Å². The molecule has 0 saturated carbocycles. The molecule has 1 amide bonds. The van der Waals surface area contributed by atoms with Crippen LogP contribution in [0.4, 0.5) is 11.4 Å². The quantitative estimate of drug-likeness (QED) is 0.332. The average Bonchev–Trinajstić information content (AvgIpc) is 2.92. The van der Waals surface area contributed by atoms with Gasteiger partial charge in [0.2, 0.25) is 10.0 Å². The van der Waals surface area contributed by atoms with Crippen molar-refractivity contribution in [3.8, 4) is 11.5 Å². The molecule has 1 fully saturated rings. The van der Waals surface area contributed by atoms with Crippen molar-refractivity contribution in [1.82, 2.24) is 4.31 Å². The molecule has 222 valence electrons. The second kappa shape index (κ2) is 14.0. The van der Waals surface area contributed by atoms with Crippen molar-refractivity contribution in [2.75, 3.05) is 37.3 Å². The van der Waals surface area contributed by atoms with E-state index in [0.717, 1.165) is 0 Å². The van der Waals surface area contributed by atoms with Crippen LogP contribution in [-0.2, 0) is 24.8 Å². The minimum absolute atomic E-state index is 0. The van der Waals surface area contributed by atoms with E-state index in [1.807, 2.05) is 13.8 Å². The normalized spacial score (nSPS) is 17.5. The summed E-state index contributed by atoms with van der Waals surface area (Å²) in [5, 5.41) is 3.04. The van der Waals surface area contributed by atoms with E-state index in [1.54, 1.807) is 0 Å². The number of amides is 1. The topological polar surface area (TPSA) is 140 Å². The maximum Gasteiger partial charge on any atom is 1.00 e. The first-order valence-electron chi connectivity index (χ1n) is 12.5. The fraction of sp³-hybridized carbons (Fsp3) is 0.296. The number of nitrogens with zero attached hydrogens (tertiary/aromatic N) is 1. The van der Waals surface area contributed by atoms with Crippen molar-refractivity contribution in [3.05, 3.63) is 71.2 Å². The number of rotatable bonds is 9. The smallest absolute Gasteiger partial charge is 1.00 e. The summed E-state index contributed by atoms with van der Waals surface area (Å²) in [4.78, 5) is 13.4. The van der Waals surface area contributed by atoms with Crippen molar-refractivity contribution in [2.45, 2.75) is 35.8 Å². The standard InChI is InChI=1S/C27H30ClN3O8S2.Na.H/c1-17-15-31(16-18(2)39-17)41(35,36)22-11-7-20(8-12-22)29-27(32)23-13-25(37-3)26(38-4)14-24(23)30-40(33,34)21-9-5-19(28)6-10-21;;/h5-14,17-18,30H,15-16H2,1-4H3,(H,29,32);;/q;+1;-1/t17-,18+;;. The molecule has 0 unspecified atom stereocenters. The minimum atomic E-state index is -4.11. The van der Waals surface area contributed by atoms with Gasteiger partial charge in [-0.05, 0) is 68.4 Å². The van der Waals surface area contributed by atoms with Gasteiger partial charge in [0.25, 0.3) is 15.9 Å². The molecule has 0 aromatic heterocycles. The van der Waals surface area contributed by atoms with Crippen LogP contribution in [0.3, 0.4) is 0 Å². The zero-order chi connectivity index (χ0) is 29.9.